The Hall–Kier alpha value is -1.88. The van der Waals surface area contributed by atoms with Crippen LogP contribution in [0.4, 0.5) is 5.69 Å². The van der Waals surface area contributed by atoms with Crippen molar-refractivity contribution in [3.05, 3.63) is 29.8 Å². The van der Waals surface area contributed by atoms with Crippen LogP contribution in [0, 0.1) is 11.8 Å². The molecule has 1 rings (SSSR count). The molecule has 1 aromatic rings. The first-order chi connectivity index (χ1) is 9.97. The van der Waals surface area contributed by atoms with E-state index in [1.54, 1.807) is 36.1 Å². The number of nitrogens with one attached hydrogen (secondary N) is 1. The van der Waals surface area contributed by atoms with Gasteiger partial charge in [0, 0.05) is 0 Å². The zero-order valence-corrected chi connectivity index (χ0v) is 13.8. The molecule has 112 valence electrons. The fourth-order valence-electron chi connectivity index (χ4n) is 1.67. The summed E-state index contributed by atoms with van der Waals surface area (Å²) in [5.74, 6) is 3.66. The van der Waals surface area contributed by atoms with E-state index >= 15 is 0 Å². The van der Waals surface area contributed by atoms with Crippen molar-refractivity contribution in [3.63, 3.8) is 0 Å². The van der Waals surface area contributed by atoms with Gasteiger partial charge in [0.2, 0.25) is 0 Å². The molecular formula is C15H15INO4-. The maximum atomic E-state index is 11.5. The van der Waals surface area contributed by atoms with Gasteiger partial charge in [0.25, 0.3) is 0 Å². The first-order valence-corrected chi connectivity index (χ1v) is 9.30. The number of carboxylic acid groups (broad SMARTS) is 1. The molecule has 5 nitrogen and oxygen atoms in total. The van der Waals surface area contributed by atoms with Gasteiger partial charge in [-0.3, -0.25) is 0 Å². The molecule has 1 amide bonds. The van der Waals surface area contributed by atoms with Gasteiger partial charge in [0.15, 0.2) is 0 Å². The van der Waals surface area contributed by atoms with E-state index in [4.69, 9.17) is 5.11 Å². The molecule has 0 fully saturated rings. The Morgan fingerprint density at radius 1 is 1.29 bits per heavy atom. The number of carboxylic acids is 1. The van der Waals surface area contributed by atoms with E-state index in [0.717, 1.165) is 5.56 Å². The number of carbonyl (C=O) groups excluding carboxylic acids is 2. The number of rotatable bonds is 6. The van der Waals surface area contributed by atoms with Gasteiger partial charge < -0.3 is 0 Å². The van der Waals surface area contributed by atoms with Gasteiger partial charge in [0.1, 0.15) is 0 Å². The first-order valence-electron chi connectivity index (χ1n) is 6.06. The molecule has 0 saturated carbocycles. The van der Waals surface area contributed by atoms with Crippen molar-refractivity contribution in [3.8, 4) is 11.8 Å². The summed E-state index contributed by atoms with van der Waals surface area (Å²) >= 11 is -0.761. The molecule has 0 aromatic heterocycles. The zero-order chi connectivity index (χ0) is 15.8. The van der Waals surface area contributed by atoms with E-state index in [0.29, 0.717) is 5.69 Å². The number of anilines is 1. The minimum absolute atomic E-state index is 0.0781. The quantitative estimate of drug-likeness (QED) is 0.199. The van der Waals surface area contributed by atoms with Crippen LogP contribution in [0.5, 0.6) is 0 Å². The molecule has 0 spiro atoms. The van der Waals surface area contributed by atoms with Crippen LogP contribution in [0.15, 0.2) is 24.3 Å². The van der Waals surface area contributed by atoms with Crippen molar-refractivity contribution in [2.24, 2.45) is 0 Å². The third kappa shape index (κ3) is 5.55. The molecule has 0 aliphatic heterocycles. The van der Waals surface area contributed by atoms with E-state index in [1.165, 1.54) is 0 Å². The number of halogens is 1. The summed E-state index contributed by atoms with van der Waals surface area (Å²) in [4.78, 5) is 35.3. The van der Waals surface area contributed by atoms with E-state index in [1.807, 2.05) is 0 Å². The average Bonchev–Trinajstić information content (AvgIpc) is 2.46. The number of aliphatic carboxylic acids is 1. The van der Waals surface area contributed by atoms with Crippen molar-refractivity contribution in [1.29, 1.82) is 0 Å². The number of carbonyl (C=O) groups is 3. The molecule has 0 saturated heterocycles. The first kappa shape index (κ1) is 17.2. The Bertz CT molecular complexity index is 598. The Kier molecular flexibility index (Phi) is 6.88. The Balaban J connectivity index is 2.84. The van der Waals surface area contributed by atoms with Crippen LogP contribution in [0.25, 0.3) is 0 Å². The Labute approximate surface area is 133 Å². The van der Waals surface area contributed by atoms with Gasteiger partial charge in [-0.2, -0.15) is 0 Å². The summed E-state index contributed by atoms with van der Waals surface area (Å²) in [6, 6.07) is 6.69. The number of amides is 1. The van der Waals surface area contributed by atoms with Crippen molar-refractivity contribution in [2.75, 3.05) is 10.2 Å². The molecule has 1 aromatic carbocycles. The fourth-order valence-corrected chi connectivity index (χ4v) is 2.29. The van der Waals surface area contributed by atoms with Crippen molar-refractivity contribution in [2.45, 2.75) is 19.3 Å². The van der Waals surface area contributed by atoms with Gasteiger partial charge >= 0.3 is 133 Å². The SMILES string of the molecule is CC#C[C@@H](CC(=O)O)c1ccc(NC(=O)C(=O)[I-]C)cc1. The molecule has 0 heterocycles. The molecule has 0 bridgehead atoms. The molecular weight excluding hydrogens is 385 g/mol. The van der Waals surface area contributed by atoms with Crippen molar-refractivity contribution < 1.29 is 40.7 Å². The third-order valence-corrected chi connectivity index (χ3v) is 4.09. The Morgan fingerprint density at radius 3 is 2.38 bits per heavy atom. The van der Waals surface area contributed by atoms with Crippen LogP contribution < -0.4 is 26.5 Å². The maximum absolute atomic E-state index is 11.5. The Morgan fingerprint density at radius 2 is 1.90 bits per heavy atom. The topological polar surface area (TPSA) is 83.5 Å². The molecule has 21 heavy (non-hydrogen) atoms. The molecule has 0 aliphatic rings. The van der Waals surface area contributed by atoms with Gasteiger partial charge in [-0.15, -0.1) is 0 Å². The van der Waals surface area contributed by atoms with E-state index < -0.39 is 33.1 Å². The van der Waals surface area contributed by atoms with Crippen LogP contribution in [0.3, 0.4) is 0 Å². The fraction of sp³-hybridized carbons (Fsp3) is 0.267. The van der Waals surface area contributed by atoms with E-state index in [9.17, 15) is 14.4 Å². The van der Waals surface area contributed by atoms with Crippen molar-refractivity contribution >= 4 is 21.4 Å². The van der Waals surface area contributed by atoms with E-state index in [-0.39, 0.29) is 16.1 Å². The normalized spacial score (nSPS) is 11.1. The van der Waals surface area contributed by atoms with Gasteiger partial charge in [0.05, 0.1) is 0 Å². The minimum atomic E-state index is -0.919. The summed E-state index contributed by atoms with van der Waals surface area (Å²) in [6.07, 6.45) is -0.0781. The van der Waals surface area contributed by atoms with Crippen LogP contribution in [0.2, 0.25) is 0 Å². The van der Waals surface area contributed by atoms with Crippen molar-refractivity contribution in [1.82, 2.24) is 0 Å². The second kappa shape index (κ2) is 8.42. The summed E-state index contributed by atoms with van der Waals surface area (Å²) in [5, 5.41) is 11.4. The van der Waals surface area contributed by atoms with Crippen LogP contribution in [0.1, 0.15) is 24.8 Å². The number of benzene rings is 1. The van der Waals surface area contributed by atoms with E-state index in [2.05, 4.69) is 17.2 Å². The van der Waals surface area contributed by atoms with Crippen LogP contribution in [-0.4, -0.2) is 25.7 Å². The molecule has 0 unspecified atom stereocenters. The zero-order valence-electron chi connectivity index (χ0n) is 11.6. The predicted octanol–water partition coefficient (Wildman–Crippen LogP) is -1.55. The second-order valence-corrected chi connectivity index (χ2v) is 6.14. The van der Waals surface area contributed by atoms with Gasteiger partial charge in [-0.05, 0) is 0 Å². The average molecular weight is 400 g/mol. The standard InChI is InChI=1S/C15H15INO4/c1-3-4-11(9-13(18)19)10-5-7-12(8-6-10)17-15(21)14(20)16-2/h5-8,11H,9H2,1-2H3,(H,17,21)(H,18,19)/q-1/t11-/m0/s1. The molecule has 0 radical (unpaired) electrons. The molecule has 6 heteroatoms. The molecule has 1 atom stereocenters. The summed E-state index contributed by atoms with van der Waals surface area (Å²) < 4.78 is -0.376. The molecule has 2 N–H and O–H groups in total. The third-order valence-electron chi connectivity index (χ3n) is 2.62. The van der Waals surface area contributed by atoms with Gasteiger partial charge in [-0.25, -0.2) is 0 Å². The number of hydrogen-bond donors (Lipinski definition) is 2. The molecule has 0 aliphatic carbocycles. The summed E-state index contributed by atoms with van der Waals surface area (Å²) in [7, 11) is 0. The van der Waals surface area contributed by atoms with Gasteiger partial charge in [-0.1, -0.05) is 0 Å². The number of hydrogen-bond acceptors (Lipinski definition) is 3. The monoisotopic (exact) mass is 400 g/mol. The predicted molar refractivity (Wildman–Crippen MR) is 74.4 cm³/mol. The number of alkyl halides is 1. The summed E-state index contributed by atoms with van der Waals surface area (Å²) in [5.41, 5.74) is 1.27. The second-order valence-electron chi connectivity index (χ2n) is 4.08. The summed E-state index contributed by atoms with van der Waals surface area (Å²) in [6.45, 7) is 1.66. The van der Waals surface area contributed by atoms with Crippen LogP contribution >= 0.6 is 0 Å². The van der Waals surface area contributed by atoms with Crippen LogP contribution in [-0.2, 0) is 14.4 Å².